The van der Waals surface area contributed by atoms with Crippen LogP contribution >= 0.6 is 0 Å². The third kappa shape index (κ3) is 3.84. The topological polar surface area (TPSA) is 97.4 Å². The number of carbonyl (C=O) groups is 1. The van der Waals surface area contributed by atoms with Gasteiger partial charge in [0.2, 0.25) is 0 Å². The molecule has 2 rings (SSSR count). The Morgan fingerprint density at radius 1 is 1.20 bits per heavy atom. The van der Waals surface area contributed by atoms with E-state index in [1.807, 2.05) is 0 Å². The first-order valence-corrected chi connectivity index (χ1v) is 5.92. The van der Waals surface area contributed by atoms with Gasteiger partial charge >= 0.3 is 6.03 Å². The largest absolute Gasteiger partial charge is 0.467 e. The fourth-order valence-corrected chi connectivity index (χ4v) is 1.61. The van der Waals surface area contributed by atoms with Crippen molar-refractivity contribution in [2.75, 3.05) is 0 Å². The van der Waals surface area contributed by atoms with Gasteiger partial charge in [0.05, 0.1) is 17.7 Å². The number of rotatable bonds is 5. The molecule has 2 amide bonds. The summed E-state index contributed by atoms with van der Waals surface area (Å²) >= 11 is 0. The highest BCUT2D eigenvalue weighted by Crippen LogP contribution is 2.12. The molecule has 2 N–H and O–H groups in total. The number of furan rings is 1. The van der Waals surface area contributed by atoms with E-state index < -0.39 is 4.92 Å². The Kier molecular flexibility index (Phi) is 4.33. The van der Waals surface area contributed by atoms with Gasteiger partial charge in [-0.05, 0) is 17.7 Å². The molecule has 0 aliphatic heterocycles. The normalized spacial score (nSPS) is 10.0. The van der Waals surface area contributed by atoms with Gasteiger partial charge in [0.1, 0.15) is 5.76 Å². The van der Waals surface area contributed by atoms with Crippen molar-refractivity contribution < 1.29 is 14.1 Å². The van der Waals surface area contributed by atoms with Crippen molar-refractivity contribution in [1.82, 2.24) is 10.6 Å². The average molecular weight is 275 g/mol. The Balaban J connectivity index is 1.81. The van der Waals surface area contributed by atoms with E-state index in [9.17, 15) is 14.9 Å². The fraction of sp³-hybridized carbons (Fsp3) is 0.154. The maximum Gasteiger partial charge on any atom is 0.315 e. The summed E-state index contributed by atoms with van der Waals surface area (Å²) in [6.07, 6.45) is 1.53. The summed E-state index contributed by atoms with van der Waals surface area (Å²) in [5.41, 5.74) is 0.660. The molecule has 1 aromatic carbocycles. The van der Waals surface area contributed by atoms with Crippen LogP contribution in [0.2, 0.25) is 0 Å². The number of amides is 2. The van der Waals surface area contributed by atoms with Crippen LogP contribution in [0.3, 0.4) is 0 Å². The van der Waals surface area contributed by atoms with Crippen molar-refractivity contribution in [2.24, 2.45) is 0 Å². The van der Waals surface area contributed by atoms with Crippen molar-refractivity contribution in [3.8, 4) is 0 Å². The summed E-state index contributed by atoms with van der Waals surface area (Å²) in [6, 6.07) is 9.23. The molecule has 7 nitrogen and oxygen atoms in total. The molecule has 0 bridgehead atoms. The molecule has 7 heteroatoms. The van der Waals surface area contributed by atoms with Gasteiger partial charge in [0.25, 0.3) is 5.69 Å². The van der Waals surface area contributed by atoms with Gasteiger partial charge in [-0.25, -0.2) is 4.79 Å². The zero-order chi connectivity index (χ0) is 14.4. The van der Waals surface area contributed by atoms with E-state index in [1.165, 1.54) is 18.4 Å². The summed E-state index contributed by atoms with van der Waals surface area (Å²) in [4.78, 5) is 21.7. The Hall–Kier alpha value is -2.83. The Labute approximate surface area is 114 Å². The summed E-state index contributed by atoms with van der Waals surface area (Å²) in [7, 11) is 0. The lowest BCUT2D eigenvalue weighted by atomic mass is 10.2. The summed E-state index contributed by atoms with van der Waals surface area (Å²) in [6.45, 7) is 0.499. The molecule has 0 fully saturated rings. The molecule has 20 heavy (non-hydrogen) atoms. The van der Waals surface area contributed by atoms with Crippen LogP contribution < -0.4 is 10.6 Å². The lowest BCUT2D eigenvalue weighted by Gasteiger charge is -2.06. The molecule has 0 saturated carbocycles. The second-order valence-electron chi connectivity index (χ2n) is 4.04. The number of benzene rings is 1. The zero-order valence-electron chi connectivity index (χ0n) is 10.5. The number of nitro benzene ring substituents is 1. The third-order valence-electron chi connectivity index (χ3n) is 2.58. The number of nitrogens with one attached hydrogen (secondary N) is 2. The number of hydrogen-bond acceptors (Lipinski definition) is 4. The van der Waals surface area contributed by atoms with Crippen LogP contribution in [0.4, 0.5) is 10.5 Å². The minimum Gasteiger partial charge on any atom is -0.467 e. The van der Waals surface area contributed by atoms with Crippen molar-refractivity contribution >= 4 is 11.7 Å². The van der Waals surface area contributed by atoms with E-state index in [-0.39, 0.29) is 24.8 Å². The summed E-state index contributed by atoms with van der Waals surface area (Å²) in [5, 5.41) is 15.8. The molecule has 0 spiro atoms. The smallest absolute Gasteiger partial charge is 0.315 e. The number of nitrogens with zero attached hydrogens (tertiary/aromatic N) is 1. The highest BCUT2D eigenvalue weighted by Gasteiger charge is 2.07. The monoisotopic (exact) mass is 275 g/mol. The first kappa shape index (κ1) is 13.6. The van der Waals surface area contributed by atoms with E-state index in [0.717, 1.165) is 0 Å². The minimum atomic E-state index is -0.472. The van der Waals surface area contributed by atoms with Gasteiger partial charge in [0, 0.05) is 18.7 Å². The van der Waals surface area contributed by atoms with E-state index in [4.69, 9.17) is 4.42 Å². The number of carbonyl (C=O) groups excluding carboxylic acids is 1. The van der Waals surface area contributed by atoms with Crippen LogP contribution in [0.1, 0.15) is 11.3 Å². The lowest BCUT2D eigenvalue weighted by Crippen LogP contribution is -2.34. The Morgan fingerprint density at radius 2 is 2.00 bits per heavy atom. The molecule has 0 atom stereocenters. The second kappa shape index (κ2) is 6.37. The standard InChI is InChI=1S/C13H13N3O4/c17-13(15-9-12-5-2-6-20-12)14-8-10-3-1-4-11(7-10)16(18)19/h1-7H,8-9H2,(H2,14,15,17). The van der Waals surface area contributed by atoms with Crippen molar-refractivity contribution in [3.05, 3.63) is 64.1 Å². The quantitative estimate of drug-likeness (QED) is 0.645. The van der Waals surface area contributed by atoms with Crippen LogP contribution in [0.25, 0.3) is 0 Å². The third-order valence-corrected chi connectivity index (χ3v) is 2.58. The van der Waals surface area contributed by atoms with Crippen LogP contribution in [0.15, 0.2) is 47.1 Å². The van der Waals surface area contributed by atoms with Gasteiger partial charge < -0.3 is 15.1 Å². The van der Waals surface area contributed by atoms with Crippen molar-refractivity contribution in [2.45, 2.75) is 13.1 Å². The van der Waals surface area contributed by atoms with Crippen LogP contribution in [-0.2, 0) is 13.1 Å². The maximum absolute atomic E-state index is 11.5. The summed E-state index contributed by atoms with van der Waals surface area (Å²) < 4.78 is 5.07. The highest BCUT2D eigenvalue weighted by molar-refractivity contribution is 5.73. The first-order chi connectivity index (χ1) is 9.65. The molecular weight excluding hydrogens is 262 g/mol. The van der Waals surface area contributed by atoms with E-state index in [1.54, 1.807) is 24.3 Å². The predicted molar refractivity (Wildman–Crippen MR) is 70.9 cm³/mol. The van der Waals surface area contributed by atoms with Gasteiger partial charge in [-0.1, -0.05) is 12.1 Å². The molecule has 0 saturated heterocycles. The van der Waals surface area contributed by atoms with Gasteiger partial charge in [-0.2, -0.15) is 0 Å². The summed E-state index contributed by atoms with van der Waals surface area (Å²) in [5.74, 6) is 0.649. The SMILES string of the molecule is O=C(NCc1cccc([N+](=O)[O-])c1)NCc1ccco1. The van der Waals surface area contributed by atoms with E-state index in [2.05, 4.69) is 10.6 Å². The number of urea groups is 1. The van der Waals surface area contributed by atoms with Crippen LogP contribution in [-0.4, -0.2) is 11.0 Å². The lowest BCUT2D eigenvalue weighted by molar-refractivity contribution is -0.384. The number of nitro groups is 1. The van der Waals surface area contributed by atoms with Crippen LogP contribution in [0, 0.1) is 10.1 Å². The molecule has 0 aliphatic rings. The van der Waals surface area contributed by atoms with Crippen molar-refractivity contribution in [1.29, 1.82) is 0 Å². The molecular formula is C13H13N3O4. The molecule has 0 radical (unpaired) electrons. The Bertz CT molecular complexity index is 595. The second-order valence-corrected chi connectivity index (χ2v) is 4.04. The zero-order valence-corrected chi connectivity index (χ0v) is 10.5. The fourth-order valence-electron chi connectivity index (χ4n) is 1.61. The molecule has 0 unspecified atom stereocenters. The first-order valence-electron chi connectivity index (χ1n) is 5.92. The maximum atomic E-state index is 11.5. The number of non-ortho nitro benzene ring substituents is 1. The van der Waals surface area contributed by atoms with E-state index in [0.29, 0.717) is 11.3 Å². The van der Waals surface area contributed by atoms with E-state index >= 15 is 0 Å². The predicted octanol–water partition coefficient (Wildman–Crippen LogP) is 2.19. The molecule has 1 heterocycles. The molecule has 2 aromatic rings. The van der Waals surface area contributed by atoms with Gasteiger partial charge in [-0.3, -0.25) is 10.1 Å². The minimum absolute atomic E-state index is 0.000272. The molecule has 0 aliphatic carbocycles. The van der Waals surface area contributed by atoms with Crippen LogP contribution in [0.5, 0.6) is 0 Å². The Morgan fingerprint density at radius 3 is 2.70 bits per heavy atom. The molecule has 1 aromatic heterocycles. The van der Waals surface area contributed by atoms with Crippen molar-refractivity contribution in [3.63, 3.8) is 0 Å². The average Bonchev–Trinajstić information content (AvgIpc) is 2.96. The highest BCUT2D eigenvalue weighted by atomic mass is 16.6. The van der Waals surface area contributed by atoms with Gasteiger partial charge in [0.15, 0.2) is 0 Å². The molecule has 104 valence electrons. The van der Waals surface area contributed by atoms with Gasteiger partial charge in [-0.15, -0.1) is 0 Å². The number of hydrogen-bond donors (Lipinski definition) is 2.